The molecule has 23 heavy (non-hydrogen) atoms. The van der Waals surface area contributed by atoms with Crippen molar-refractivity contribution in [3.63, 3.8) is 0 Å². The first-order valence-corrected chi connectivity index (χ1v) is 8.13. The number of likely N-dealkylation sites (N-methyl/N-ethyl adjacent to an activating group) is 1. The maximum absolute atomic E-state index is 6.14. The maximum Gasteiger partial charge on any atom is 0.225 e. The van der Waals surface area contributed by atoms with Crippen molar-refractivity contribution in [1.29, 1.82) is 0 Å². The molecule has 6 nitrogen and oxygen atoms in total. The van der Waals surface area contributed by atoms with Crippen molar-refractivity contribution >= 4 is 45.4 Å². The third-order valence-electron chi connectivity index (χ3n) is 4.18. The average Bonchev–Trinajstić information content (AvgIpc) is 2.85. The highest BCUT2D eigenvalue weighted by molar-refractivity contribution is 6.31. The quantitative estimate of drug-likeness (QED) is 0.766. The molecule has 1 saturated heterocycles. The van der Waals surface area contributed by atoms with Crippen LogP contribution in [-0.4, -0.2) is 42.7 Å². The van der Waals surface area contributed by atoms with Gasteiger partial charge < -0.3 is 20.0 Å². The second kappa shape index (κ2) is 5.54. The van der Waals surface area contributed by atoms with Crippen molar-refractivity contribution in [3.8, 4) is 0 Å². The Morgan fingerprint density at radius 2 is 2.17 bits per heavy atom. The Bertz CT molecular complexity index is 872. The fourth-order valence-corrected chi connectivity index (χ4v) is 3.06. The number of furan rings is 1. The van der Waals surface area contributed by atoms with Crippen LogP contribution in [0.15, 0.2) is 22.6 Å². The summed E-state index contributed by atoms with van der Waals surface area (Å²) in [6.45, 7) is 4.61. The zero-order valence-electron chi connectivity index (χ0n) is 13.1. The van der Waals surface area contributed by atoms with E-state index in [1.807, 2.05) is 32.2 Å². The number of hydrogen-bond acceptors (Lipinski definition) is 6. The van der Waals surface area contributed by atoms with Crippen LogP contribution in [0.2, 0.25) is 5.02 Å². The van der Waals surface area contributed by atoms with Gasteiger partial charge in [-0.25, -0.2) is 4.98 Å². The molecule has 0 saturated carbocycles. The van der Waals surface area contributed by atoms with E-state index in [1.165, 1.54) is 0 Å². The van der Waals surface area contributed by atoms with E-state index in [-0.39, 0.29) is 0 Å². The molecule has 0 atom stereocenters. The predicted octanol–water partition coefficient (Wildman–Crippen LogP) is 2.87. The van der Waals surface area contributed by atoms with E-state index in [1.54, 1.807) is 0 Å². The number of hydrogen-bond donors (Lipinski definition) is 2. The summed E-state index contributed by atoms with van der Waals surface area (Å²) in [4.78, 5) is 11.5. The van der Waals surface area contributed by atoms with Crippen LogP contribution >= 0.6 is 11.6 Å². The minimum atomic E-state index is 0.487. The van der Waals surface area contributed by atoms with Gasteiger partial charge in [-0.15, -0.1) is 0 Å². The SMILES string of the molecule is CCNc1nc(N2CC(NC)C2)c2oc3ccc(Cl)cc3c2n1. The number of anilines is 2. The van der Waals surface area contributed by atoms with Gasteiger partial charge in [-0.3, -0.25) is 0 Å². The van der Waals surface area contributed by atoms with E-state index in [9.17, 15) is 0 Å². The molecule has 2 N–H and O–H groups in total. The summed E-state index contributed by atoms with van der Waals surface area (Å²) >= 11 is 6.14. The Kier molecular flexibility index (Phi) is 3.50. The second-order valence-electron chi connectivity index (χ2n) is 5.71. The van der Waals surface area contributed by atoms with Crippen molar-refractivity contribution in [2.45, 2.75) is 13.0 Å². The zero-order chi connectivity index (χ0) is 16.0. The maximum atomic E-state index is 6.14. The van der Waals surface area contributed by atoms with Crippen LogP contribution in [0.25, 0.3) is 22.1 Å². The zero-order valence-corrected chi connectivity index (χ0v) is 13.8. The largest absolute Gasteiger partial charge is 0.450 e. The van der Waals surface area contributed by atoms with Gasteiger partial charge in [0.25, 0.3) is 0 Å². The molecule has 4 rings (SSSR count). The van der Waals surface area contributed by atoms with Gasteiger partial charge in [0.2, 0.25) is 5.95 Å². The summed E-state index contributed by atoms with van der Waals surface area (Å²) in [7, 11) is 1.98. The van der Waals surface area contributed by atoms with Crippen molar-refractivity contribution < 1.29 is 4.42 Å². The third-order valence-corrected chi connectivity index (χ3v) is 4.42. The number of aromatic nitrogens is 2. The van der Waals surface area contributed by atoms with Gasteiger partial charge in [-0.1, -0.05) is 11.6 Å². The summed E-state index contributed by atoms with van der Waals surface area (Å²) in [5.41, 5.74) is 2.30. The molecule has 2 aromatic heterocycles. The summed E-state index contributed by atoms with van der Waals surface area (Å²) in [6, 6.07) is 6.08. The van der Waals surface area contributed by atoms with Crippen LogP contribution in [-0.2, 0) is 0 Å². The normalized spacial score (nSPS) is 15.3. The molecule has 7 heteroatoms. The molecule has 3 aromatic rings. The minimum absolute atomic E-state index is 0.487. The molecule has 0 unspecified atom stereocenters. The number of rotatable bonds is 4. The van der Waals surface area contributed by atoms with Gasteiger partial charge in [0.15, 0.2) is 11.4 Å². The summed E-state index contributed by atoms with van der Waals surface area (Å²) in [5.74, 6) is 1.45. The number of fused-ring (bicyclic) bond motifs is 3. The molecule has 1 aromatic carbocycles. The molecule has 0 radical (unpaired) electrons. The van der Waals surface area contributed by atoms with E-state index >= 15 is 0 Å². The third kappa shape index (κ3) is 2.38. The van der Waals surface area contributed by atoms with E-state index in [0.717, 1.165) is 47.5 Å². The second-order valence-corrected chi connectivity index (χ2v) is 6.15. The summed E-state index contributed by atoms with van der Waals surface area (Å²) in [5, 5.41) is 8.06. The van der Waals surface area contributed by atoms with Crippen LogP contribution in [0, 0.1) is 0 Å². The van der Waals surface area contributed by atoms with Crippen molar-refractivity contribution in [2.75, 3.05) is 36.9 Å². The van der Waals surface area contributed by atoms with Crippen molar-refractivity contribution in [2.24, 2.45) is 0 Å². The predicted molar refractivity (Wildman–Crippen MR) is 93.5 cm³/mol. The van der Waals surface area contributed by atoms with E-state index < -0.39 is 0 Å². The van der Waals surface area contributed by atoms with Crippen LogP contribution in [0.1, 0.15) is 6.92 Å². The van der Waals surface area contributed by atoms with Gasteiger partial charge in [0.1, 0.15) is 11.1 Å². The number of nitrogens with one attached hydrogen (secondary N) is 2. The number of benzene rings is 1. The summed E-state index contributed by atoms with van der Waals surface area (Å²) in [6.07, 6.45) is 0. The molecular weight excluding hydrogens is 314 g/mol. The number of halogens is 1. The topological polar surface area (TPSA) is 66.2 Å². The molecule has 1 fully saturated rings. The number of nitrogens with zero attached hydrogens (tertiary/aromatic N) is 3. The highest BCUT2D eigenvalue weighted by Gasteiger charge is 2.30. The molecule has 1 aliphatic rings. The van der Waals surface area contributed by atoms with E-state index in [0.29, 0.717) is 17.0 Å². The van der Waals surface area contributed by atoms with Gasteiger partial charge in [0, 0.05) is 36.1 Å². The van der Waals surface area contributed by atoms with Gasteiger partial charge in [-0.05, 0) is 32.2 Å². The lowest BCUT2D eigenvalue weighted by atomic mass is 10.1. The minimum Gasteiger partial charge on any atom is -0.450 e. The molecule has 0 aliphatic carbocycles. The first kappa shape index (κ1) is 14.5. The highest BCUT2D eigenvalue weighted by atomic mass is 35.5. The average molecular weight is 332 g/mol. The molecule has 1 aliphatic heterocycles. The summed E-state index contributed by atoms with van der Waals surface area (Å²) < 4.78 is 6.02. The fraction of sp³-hybridized carbons (Fsp3) is 0.375. The Labute approximate surface area is 138 Å². The molecular formula is C16H18ClN5O. The molecule has 3 heterocycles. The molecule has 120 valence electrons. The Morgan fingerprint density at radius 3 is 2.91 bits per heavy atom. The van der Waals surface area contributed by atoms with Gasteiger partial charge in [-0.2, -0.15) is 4.98 Å². The highest BCUT2D eigenvalue weighted by Crippen LogP contribution is 2.36. The van der Waals surface area contributed by atoms with Crippen molar-refractivity contribution in [1.82, 2.24) is 15.3 Å². The van der Waals surface area contributed by atoms with Gasteiger partial charge >= 0.3 is 0 Å². The van der Waals surface area contributed by atoms with Crippen LogP contribution in [0.5, 0.6) is 0 Å². The van der Waals surface area contributed by atoms with Crippen LogP contribution in [0.3, 0.4) is 0 Å². The Morgan fingerprint density at radius 1 is 1.35 bits per heavy atom. The first-order valence-electron chi connectivity index (χ1n) is 7.75. The molecule has 0 amide bonds. The first-order chi connectivity index (χ1) is 11.2. The van der Waals surface area contributed by atoms with Gasteiger partial charge in [0.05, 0.1) is 0 Å². The molecule has 0 spiro atoms. The van der Waals surface area contributed by atoms with E-state index in [4.69, 9.17) is 16.0 Å². The lowest BCUT2D eigenvalue weighted by Crippen LogP contribution is -2.57. The van der Waals surface area contributed by atoms with E-state index in [2.05, 4.69) is 25.5 Å². The standard InChI is InChI=1S/C16H18ClN5O/c1-3-19-16-20-13-11-6-9(17)4-5-12(11)23-14(13)15(21-16)22-7-10(8-22)18-2/h4-6,10,18H,3,7-8H2,1-2H3,(H,19,20,21). The molecule has 0 bridgehead atoms. The lowest BCUT2D eigenvalue weighted by Gasteiger charge is -2.39. The van der Waals surface area contributed by atoms with Crippen LogP contribution in [0.4, 0.5) is 11.8 Å². The Hall–Kier alpha value is -2.05. The lowest BCUT2D eigenvalue weighted by molar-refractivity contribution is 0.446. The Balaban J connectivity index is 1.91. The smallest absolute Gasteiger partial charge is 0.225 e. The van der Waals surface area contributed by atoms with Crippen molar-refractivity contribution in [3.05, 3.63) is 23.2 Å². The monoisotopic (exact) mass is 331 g/mol. The fourth-order valence-electron chi connectivity index (χ4n) is 2.89. The van der Waals surface area contributed by atoms with Crippen LogP contribution < -0.4 is 15.5 Å².